The molecule has 0 aliphatic heterocycles. The molecular formula is C20H24N2O4S. The van der Waals surface area contributed by atoms with Gasteiger partial charge in [0.15, 0.2) is 0 Å². The Morgan fingerprint density at radius 3 is 2.30 bits per heavy atom. The van der Waals surface area contributed by atoms with E-state index < -0.39 is 10.0 Å². The predicted octanol–water partition coefficient (Wildman–Crippen LogP) is 2.45. The number of ether oxygens (including phenoxy) is 1. The molecule has 2 aromatic carbocycles. The Morgan fingerprint density at radius 2 is 1.74 bits per heavy atom. The lowest BCUT2D eigenvalue weighted by molar-refractivity contribution is -0.117. The van der Waals surface area contributed by atoms with Crippen molar-refractivity contribution in [1.82, 2.24) is 9.62 Å². The Labute approximate surface area is 160 Å². The Bertz CT molecular complexity index is 876. The average molecular weight is 388 g/mol. The fraction of sp³-hybridized carbons (Fsp3) is 0.250. The van der Waals surface area contributed by atoms with Crippen molar-refractivity contribution < 1.29 is 17.9 Å². The van der Waals surface area contributed by atoms with Gasteiger partial charge in [0.1, 0.15) is 0 Å². The number of nitrogens with one attached hydrogen (secondary N) is 1. The molecule has 0 heterocycles. The van der Waals surface area contributed by atoms with Crippen molar-refractivity contribution in [2.24, 2.45) is 0 Å². The van der Waals surface area contributed by atoms with Gasteiger partial charge in [-0.25, -0.2) is 12.7 Å². The van der Waals surface area contributed by atoms with Gasteiger partial charge in [-0.05, 0) is 29.3 Å². The summed E-state index contributed by atoms with van der Waals surface area (Å²) in [5.74, 6) is -0.252. The number of amides is 1. The Balaban J connectivity index is 1.94. The van der Waals surface area contributed by atoms with Crippen molar-refractivity contribution in [3.05, 3.63) is 71.8 Å². The van der Waals surface area contributed by atoms with Gasteiger partial charge >= 0.3 is 0 Å². The van der Waals surface area contributed by atoms with Gasteiger partial charge < -0.3 is 10.1 Å². The lowest BCUT2D eigenvalue weighted by atomic mass is 10.1. The molecule has 6 nitrogen and oxygen atoms in total. The van der Waals surface area contributed by atoms with Gasteiger partial charge in [-0.2, -0.15) is 0 Å². The van der Waals surface area contributed by atoms with Gasteiger partial charge in [0, 0.05) is 33.8 Å². The largest absolute Gasteiger partial charge is 0.375 e. The second-order valence-corrected chi connectivity index (χ2v) is 8.22. The normalized spacial score (nSPS) is 13.0. The van der Waals surface area contributed by atoms with E-state index in [0.717, 1.165) is 15.4 Å². The topological polar surface area (TPSA) is 75.7 Å². The van der Waals surface area contributed by atoms with Crippen molar-refractivity contribution >= 4 is 22.0 Å². The van der Waals surface area contributed by atoms with Crippen molar-refractivity contribution in [3.8, 4) is 0 Å². The fourth-order valence-corrected chi connectivity index (χ4v) is 3.29. The maximum Gasteiger partial charge on any atom is 0.244 e. The van der Waals surface area contributed by atoms with Crippen LogP contribution in [0.4, 0.5) is 0 Å². The zero-order valence-corrected chi connectivity index (χ0v) is 16.4. The lowest BCUT2D eigenvalue weighted by Gasteiger charge is -2.15. The van der Waals surface area contributed by atoms with E-state index in [1.54, 1.807) is 25.3 Å². The quantitative estimate of drug-likeness (QED) is 0.705. The molecule has 0 aliphatic rings. The first-order valence-electron chi connectivity index (χ1n) is 8.41. The maximum atomic E-state index is 12.0. The van der Waals surface area contributed by atoms with Crippen LogP contribution in [0.25, 0.3) is 6.08 Å². The van der Waals surface area contributed by atoms with Gasteiger partial charge in [-0.1, -0.05) is 42.5 Å². The molecule has 1 unspecified atom stereocenters. The van der Waals surface area contributed by atoms with Crippen LogP contribution in [0.5, 0.6) is 0 Å². The van der Waals surface area contributed by atoms with Crippen LogP contribution in [-0.2, 0) is 19.6 Å². The minimum Gasteiger partial charge on any atom is -0.375 e. The first-order valence-corrected chi connectivity index (χ1v) is 9.85. The van der Waals surface area contributed by atoms with E-state index in [2.05, 4.69) is 5.32 Å². The van der Waals surface area contributed by atoms with Crippen LogP contribution < -0.4 is 5.32 Å². The monoisotopic (exact) mass is 388 g/mol. The minimum atomic E-state index is -3.46. The molecule has 0 fully saturated rings. The first-order chi connectivity index (χ1) is 12.8. The molecule has 0 spiro atoms. The summed E-state index contributed by atoms with van der Waals surface area (Å²) >= 11 is 0. The summed E-state index contributed by atoms with van der Waals surface area (Å²) in [6, 6.07) is 16.0. The highest BCUT2D eigenvalue weighted by atomic mass is 32.2. The molecule has 0 aliphatic carbocycles. The third-order valence-corrected chi connectivity index (χ3v) is 5.83. The molecule has 144 valence electrons. The van der Waals surface area contributed by atoms with Crippen LogP contribution >= 0.6 is 0 Å². The SMILES string of the molecule is COC(CNC(=O)/C=C/c1ccc(S(=O)(=O)N(C)C)cc1)c1ccccc1. The van der Waals surface area contributed by atoms with Gasteiger partial charge in [0.05, 0.1) is 11.0 Å². The van der Waals surface area contributed by atoms with Gasteiger partial charge in [-0.3, -0.25) is 4.79 Å². The second-order valence-electron chi connectivity index (χ2n) is 6.07. The van der Waals surface area contributed by atoms with Crippen molar-refractivity contribution in [1.29, 1.82) is 0 Å². The number of carbonyl (C=O) groups is 1. The molecule has 0 bridgehead atoms. The smallest absolute Gasteiger partial charge is 0.244 e. The Kier molecular flexibility index (Phi) is 7.29. The highest BCUT2D eigenvalue weighted by molar-refractivity contribution is 7.89. The molecular weight excluding hydrogens is 364 g/mol. The Morgan fingerprint density at radius 1 is 1.11 bits per heavy atom. The van der Waals surface area contributed by atoms with Crippen LogP contribution in [0.1, 0.15) is 17.2 Å². The van der Waals surface area contributed by atoms with Gasteiger partial charge in [0.2, 0.25) is 15.9 Å². The second kappa shape index (κ2) is 9.45. The molecule has 0 radical (unpaired) electrons. The van der Waals surface area contributed by atoms with Crippen molar-refractivity contribution in [2.45, 2.75) is 11.0 Å². The molecule has 0 saturated heterocycles. The molecule has 1 N–H and O–H groups in total. The van der Waals surface area contributed by atoms with Gasteiger partial charge in [-0.15, -0.1) is 0 Å². The first kappa shape index (κ1) is 20.8. The van der Waals surface area contributed by atoms with E-state index in [1.165, 1.54) is 32.3 Å². The molecule has 0 aromatic heterocycles. The minimum absolute atomic E-state index is 0.208. The summed E-state index contributed by atoms with van der Waals surface area (Å²) in [5, 5.41) is 2.80. The lowest BCUT2D eigenvalue weighted by Crippen LogP contribution is -2.27. The van der Waals surface area contributed by atoms with E-state index in [9.17, 15) is 13.2 Å². The highest BCUT2D eigenvalue weighted by Gasteiger charge is 2.16. The zero-order valence-electron chi connectivity index (χ0n) is 15.6. The molecule has 27 heavy (non-hydrogen) atoms. The third kappa shape index (κ3) is 5.75. The predicted molar refractivity (Wildman–Crippen MR) is 106 cm³/mol. The third-order valence-electron chi connectivity index (χ3n) is 4.00. The van der Waals surface area contributed by atoms with Gasteiger partial charge in [0.25, 0.3) is 0 Å². The van der Waals surface area contributed by atoms with Crippen LogP contribution in [0, 0.1) is 0 Å². The van der Waals surface area contributed by atoms with E-state index >= 15 is 0 Å². The zero-order chi connectivity index (χ0) is 19.9. The highest BCUT2D eigenvalue weighted by Crippen LogP contribution is 2.16. The number of hydrogen-bond acceptors (Lipinski definition) is 4. The molecule has 2 rings (SSSR count). The van der Waals surface area contributed by atoms with Crippen LogP contribution in [-0.4, -0.2) is 46.4 Å². The fourth-order valence-electron chi connectivity index (χ4n) is 2.39. The van der Waals surface area contributed by atoms with E-state index in [-0.39, 0.29) is 16.9 Å². The standard InChI is InChI=1S/C20H24N2O4S/c1-22(2)27(24,25)18-12-9-16(10-13-18)11-14-20(23)21-15-19(26-3)17-7-5-4-6-8-17/h4-14,19H,15H2,1-3H3,(H,21,23)/b14-11+. The van der Waals surface area contributed by atoms with Crippen molar-refractivity contribution in [3.63, 3.8) is 0 Å². The number of rotatable bonds is 8. The molecule has 1 atom stereocenters. The number of hydrogen-bond donors (Lipinski definition) is 1. The van der Waals surface area contributed by atoms with Crippen LogP contribution in [0.15, 0.2) is 65.6 Å². The summed E-state index contributed by atoms with van der Waals surface area (Å²) in [4.78, 5) is 12.2. The van der Waals surface area contributed by atoms with E-state index in [4.69, 9.17) is 4.74 Å². The summed E-state index contributed by atoms with van der Waals surface area (Å²) in [6.45, 7) is 0.351. The molecule has 7 heteroatoms. The number of carbonyl (C=O) groups excluding carboxylic acids is 1. The summed E-state index contributed by atoms with van der Waals surface area (Å²) in [5.41, 5.74) is 1.72. The Hall–Kier alpha value is -2.48. The van der Waals surface area contributed by atoms with E-state index in [0.29, 0.717) is 6.54 Å². The molecule has 2 aromatic rings. The molecule has 1 amide bonds. The average Bonchev–Trinajstić information content (AvgIpc) is 2.68. The van der Waals surface area contributed by atoms with Crippen LogP contribution in [0.2, 0.25) is 0 Å². The summed E-state index contributed by atoms with van der Waals surface area (Å²) < 4.78 is 30.6. The maximum absolute atomic E-state index is 12.0. The number of methoxy groups -OCH3 is 1. The summed E-state index contributed by atoms with van der Waals surface area (Å²) in [7, 11) is 1.11. The molecule has 0 saturated carbocycles. The van der Waals surface area contributed by atoms with Crippen LogP contribution in [0.3, 0.4) is 0 Å². The summed E-state index contributed by atoms with van der Waals surface area (Å²) in [6.07, 6.45) is 2.82. The van der Waals surface area contributed by atoms with Crippen molar-refractivity contribution in [2.75, 3.05) is 27.7 Å². The number of sulfonamides is 1. The number of nitrogens with zero attached hydrogens (tertiary/aromatic N) is 1. The van der Waals surface area contributed by atoms with E-state index in [1.807, 2.05) is 30.3 Å². The number of benzene rings is 2.